The molecule has 3 rings (SSSR count). The smallest absolute Gasteiger partial charge is 0.335 e. The minimum absolute atomic E-state index is 0.0383. The molecular weight excluding hydrogens is 438 g/mol. The Morgan fingerprint density at radius 3 is 2.40 bits per heavy atom. The number of rotatable bonds is 6. The lowest BCUT2D eigenvalue weighted by atomic mass is 9.73. The van der Waals surface area contributed by atoms with Crippen molar-refractivity contribution in [1.82, 2.24) is 4.90 Å². The molecule has 13 heteroatoms. The second kappa shape index (κ2) is 6.57. The SMILES string of the molecule is COC(C(N)=O)(c1ccc(N)cc1[C@]1(C(=O)O)N2C(=O)C[C@H]2SC1(C)C)S(=O)(=O)O. The molecule has 2 aliphatic heterocycles. The number of nitrogens with zero attached hydrogens (tertiary/aromatic N) is 1. The number of hydrogen-bond acceptors (Lipinski definition) is 8. The van der Waals surface area contributed by atoms with Crippen LogP contribution in [0, 0.1) is 0 Å². The summed E-state index contributed by atoms with van der Waals surface area (Å²) in [4.78, 5) is 35.5. The van der Waals surface area contributed by atoms with Crippen LogP contribution in [0.2, 0.25) is 0 Å². The summed E-state index contributed by atoms with van der Waals surface area (Å²) in [7, 11) is -4.52. The number of aliphatic carboxylic acids is 1. The summed E-state index contributed by atoms with van der Waals surface area (Å²) < 4.78 is 38.3. The maximum absolute atomic E-state index is 12.8. The van der Waals surface area contributed by atoms with E-state index in [4.69, 9.17) is 16.2 Å². The number of primary amides is 1. The molecule has 1 unspecified atom stereocenters. The number of carbonyl (C=O) groups excluding carboxylic acids is 2. The third kappa shape index (κ3) is 2.52. The van der Waals surface area contributed by atoms with Crippen molar-refractivity contribution in [3.05, 3.63) is 29.3 Å². The van der Waals surface area contributed by atoms with Crippen molar-refractivity contribution >= 4 is 45.4 Å². The maximum atomic E-state index is 12.8. The van der Waals surface area contributed by atoms with Gasteiger partial charge in [0.2, 0.25) is 5.91 Å². The number of nitrogens with two attached hydrogens (primary N) is 2. The molecule has 0 radical (unpaired) electrons. The quantitative estimate of drug-likeness (QED) is 0.252. The highest BCUT2D eigenvalue weighted by molar-refractivity contribution is 8.01. The molecule has 11 nitrogen and oxygen atoms in total. The average molecular weight is 460 g/mol. The number of benzene rings is 1. The molecule has 164 valence electrons. The largest absolute Gasteiger partial charge is 0.479 e. The van der Waals surface area contributed by atoms with E-state index in [1.807, 2.05) is 0 Å². The predicted molar refractivity (Wildman–Crippen MR) is 107 cm³/mol. The molecule has 2 heterocycles. The number of hydrogen-bond donors (Lipinski definition) is 4. The fourth-order valence-electron chi connectivity index (χ4n) is 4.39. The molecular formula is C17H21N3O8S2. The monoisotopic (exact) mass is 459 g/mol. The van der Waals surface area contributed by atoms with E-state index in [1.165, 1.54) is 17.8 Å². The number of thioether (sulfide) groups is 1. The summed E-state index contributed by atoms with van der Waals surface area (Å²) in [5.74, 6) is -3.52. The Balaban J connectivity index is 2.51. The standard InChI is InChI=1S/C17H21N3O8S2/c1-15(2)16(14(23)24,20-11(21)7-12(20)29-15)10-6-8(18)4-5-9(10)17(28-3,13(19)22)30(25,26)27/h4-6,12H,7,18H2,1-3H3,(H2,19,22)(H,23,24)(H,25,26,27)/t12-,16-,17?/m1/s1. The minimum atomic E-state index is -5.35. The topological polar surface area (TPSA) is 190 Å². The van der Waals surface area contributed by atoms with Crippen LogP contribution >= 0.6 is 11.8 Å². The highest BCUT2D eigenvalue weighted by atomic mass is 32.2. The highest BCUT2D eigenvalue weighted by Crippen LogP contribution is 2.62. The molecule has 6 N–H and O–H groups in total. The van der Waals surface area contributed by atoms with Crippen molar-refractivity contribution in [2.45, 2.75) is 40.9 Å². The summed E-state index contributed by atoms with van der Waals surface area (Å²) >= 11 is 1.21. The Hall–Kier alpha value is -2.35. The van der Waals surface area contributed by atoms with Crippen LogP contribution in [0.15, 0.2) is 18.2 Å². The van der Waals surface area contributed by atoms with Crippen molar-refractivity contribution in [3.63, 3.8) is 0 Å². The van der Waals surface area contributed by atoms with Crippen LogP contribution in [-0.4, -0.2) is 58.0 Å². The first-order valence-corrected chi connectivity index (χ1v) is 11.0. The van der Waals surface area contributed by atoms with E-state index in [0.29, 0.717) is 0 Å². The molecule has 3 atom stereocenters. The zero-order valence-electron chi connectivity index (χ0n) is 16.3. The number of amides is 2. The van der Waals surface area contributed by atoms with Gasteiger partial charge in [0.25, 0.3) is 10.8 Å². The van der Waals surface area contributed by atoms with Gasteiger partial charge in [-0.3, -0.25) is 14.1 Å². The molecule has 1 aromatic rings. The molecule has 0 aromatic heterocycles. The Bertz CT molecular complexity index is 1070. The van der Waals surface area contributed by atoms with Gasteiger partial charge < -0.3 is 26.2 Å². The summed E-state index contributed by atoms with van der Waals surface area (Å²) in [5, 5.41) is 9.89. The van der Waals surface area contributed by atoms with E-state index in [-0.39, 0.29) is 17.7 Å². The summed E-state index contributed by atoms with van der Waals surface area (Å²) in [6.07, 6.45) is 0.102. The van der Waals surface area contributed by atoms with E-state index in [0.717, 1.165) is 24.1 Å². The molecule has 2 fully saturated rings. The number of fused-ring (bicyclic) bond motifs is 1. The van der Waals surface area contributed by atoms with Crippen molar-refractivity contribution in [2.75, 3.05) is 12.8 Å². The molecule has 2 aliphatic rings. The molecule has 2 amide bonds. The normalized spacial score (nSPS) is 27.1. The molecule has 0 bridgehead atoms. The molecule has 0 aliphatic carbocycles. The number of nitrogen functional groups attached to an aromatic ring is 1. The number of β-lactam (4-membered cyclic amide) rings is 1. The van der Waals surface area contributed by atoms with Gasteiger partial charge in [-0.05, 0) is 26.0 Å². The van der Waals surface area contributed by atoms with Gasteiger partial charge in [0.1, 0.15) is 0 Å². The predicted octanol–water partition coefficient (Wildman–Crippen LogP) is -0.195. The zero-order valence-corrected chi connectivity index (χ0v) is 17.9. The van der Waals surface area contributed by atoms with Gasteiger partial charge >= 0.3 is 16.1 Å². The second-order valence-corrected chi connectivity index (χ2v) is 10.9. The van der Waals surface area contributed by atoms with Gasteiger partial charge in [0, 0.05) is 23.9 Å². The first-order chi connectivity index (χ1) is 13.7. The molecule has 0 spiro atoms. The Kier molecular flexibility index (Phi) is 4.89. The molecule has 1 aromatic carbocycles. The van der Waals surface area contributed by atoms with Crippen molar-refractivity contribution in [3.8, 4) is 0 Å². The van der Waals surface area contributed by atoms with Gasteiger partial charge in [0.15, 0.2) is 5.54 Å². The second-order valence-electron chi connectivity index (χ2n) is 7.53. The van der Waals surface area contributed by atoms with E-state index in [9.17, 15) is 32.5 Å². The van der Waals surface area contributed by atoms with Crippen LogP contribution in [0.5, 0.6) is 0 Å². The first-order valence-electron chi connectivity index (χ1n) is 8.64. The first kappa shape index (κ1) is 22.3. The number of methoxy groups -OCH3 is 1. The Labute approximate surface area is 176 Å². The van der Waals surface area contributed by atoms with E-state index in [1.54, 1.807) is 13.8 Å². The van der Waals surface area contributed by atoms with Crippen molar-refractivity contribution in [2.24, 2.45) is 5.73 Å². The Morgan fingerprint density at radius 2 is 1.97 bits per heavy atom. The average Bonchev–Trinajstić information content (AvgIpc) is 2.78. The number of carboxylic acids is 1. The van der Waals surface area contributed by atoms with E-state index in [2.05, 4.69) is 0 Å². The summed E-state index contributed by atoms with van der Waals surface area (Å²) in [6.45, 7) is 3.16. The van der Waals surface area contributed by atoms with Crippen molar-refractivity contribution < 1.29 is 37.2 Å². The third-order valence-electron chi connectivity index (χ3n) is 5.64. The lowest BCUT2D eigenvalue weighted by Gasteiger charge is -2.48. The number of carboxylic acid groups (broad SMARTS) is 1. The van der Waals surface area contributed by atoms with Gasteiger partial charge in [-0.25, -0.2) is 4.79 Å². The van der Waals surface area contributed by atoms with Crippen molar-refractivity contribution in [1.29, 1.82) is 0 Å². The number of carbonyl (C=O) groups is 3. The fraction of sp³-hybridized carbons (Fsp3) is 0.471. The lowest BCUT2D eigenvalue weighted by molar-refractivity contribution is -0.169. The van der Waals surface area contributed by atoms with Gasteiger partial charge in [-0.1, -0.05) is 6.07 Å². The third-order valence-corrected chi connectivity index (χ3v) is 8.49. The fourth-order valence-corrected chi connectivity index (χ4v) is 7.07. The molecule has 2 saturated heterocycles. The number of ether oxygens (including phenoxy) is 1. The van der Waals surface area contributed by atoms with Crippen LogP contribution < -0.4 is 11.5 Å². The van der Waals surface area contributed by atoms with Crippen LogP contribution in [0.3, 0.4) is 0 Å². The molecule has 0 saturated carbocycles. The zero-order chi connectivity index (χ0) is 22.9. The maximum Gasteiger partial charge on any atom is 0.335 e. The van der Waals surface area contributed by atoms with E-state index >= 15 is 0 Å². The van der Waals surface area contributed by atoms with Crippen LogP contribution in [-0.2, 0) is 39.7 Å². The minimum Gasteiger partial charge on any atom is -0.479 e. The van der Waals surface area contributed by atoms with Gasteiger partial charge in [-0.15, -0.1) is 11.8 Å². The Morgan fingerprint density at radius 1 is 1.37 bits per heavy atom. The van der Waals surface area contributed by atoms with Crippen LogP contribution in [0.4, 0.5) is 5.69 Å². The van der Waals surface area contributed by atoms with E-state index < -0.39 is 54.1 Å². The van der Waals surface area contributed by atoms with Gasteiger partial charge in [0.05, 0.1) is 16.5 Å². The summed E-state index contributed by atoms with van der Waals surface area (Å²) in [5.41, 5.74) is 8.29. The van der Waals surface area contributed by atoms with Crippen LogP contribution in [0.25, 0.3) is 0 Å². The highest BCUT2D eigenvalue weighted by Gasteiger charge is 2.72. The van der Waals surface area contributed by atoms with Gasteiger partial charge in [-0.2, -0.15) is 8.42 Å². The summed E-state index contributed by atoms with van der Waals surface area (Å²) in [6, 6.07) is 3.41. The number of anilines is 1. The van der Waals surface area contributed by atoms with Crippen LogP contribution in [0.1, 0.15) is 31.4 Å². The molecule has 30 heavy (non-hydrogen) atoms. The lowest BCUT2D eigenvalue weighted by Crippen LogP contribution is -2.65.